The van der Waals surface area contributed by atoms with Crippen molar-refractivity contribution in [3.63, 3.8) is 0 Å². The average molecular weight is 669 g/mol. The summed E-state index contributed by atoms with van der Waals surface area (Å²) in [4.78, 5) is 17.8. The van der Waals surface area contributed by atoms with Crippen molar-refractivity contribution in [3.05, 3.63) is 95.1 Å². The van der Waals surface area contributed by atoms with Gasteiger partial charge < -0.3 is 9.80 Å². The third kappa shape index (κ3) is 9.09. The van der Waals surface area contributed by atoms with Crippen LogP contribution in [0.2, 0.25) is 0 Å². The molecule has 240 valence electrons. The lowest BCUT2D eigenvalue weighted by molar-refractivity contribution is -0.133. The van der Waals surface area contributed by atoms with Gasteiger partial charge in [-0.1, -0.05) is 30.3 Å². The third-order valence-corrected chi connectivity index (χ3v) is 10.4. The minimum Gasteiger partial charge on any atom is -0.340 e. The smallest absolute Gasteiger partial charge is 0.227 e. The maximum absolute atomic E-state index is 14.2. The van der Waals surface area contributed by atoms with Crippen LogP contribution in [-0.4, -0.2) is 77.3 Å². The molecule has 0 aromatic heterocycles. The number of halogens is 3. The minimum atomic E-state index is -3.37. The molecule has 1 amide bonds. The van der Waals surface area contributed by atoms with Crippen molar-refractivity contribution in [1.29, 1.82) is 0 Å². The van der Waals surface area contributed by atoms with Gasteiger partial charge in [-0.2, -0.15) is 0 Å². The first-order valence-corrected chi connectivity index (χ1v) is 18.1. The Labute approximate surface area is 265 Å². The number of amides is 1. The zero-order valence-corrected chi connectivity index (χ0v) is 27.5. The topological polar surface area (TPSA) is 91.8 Å². The zero-order valence-electron chi connectivity index (χ0n) is 25.1. The number of piperidine rings is 1. The van der Waals surface area contributed by atoms with Crippen LogP contribution in [-0.2, 0) is 30.9 Å². The molecule has 0 spiro atoms. The third-order valence-electron chi connectivity index (χ3n) is 8.16. The Morgan fingerprint density at radius 1 is 0.841 bits per heavy atom. The maximum Gasteiger partial charge on any atom is 0.227 e. The maximum atomic E-state index is 14.2. The van der Waals surface area contributed by atoms with Gasteiger partial charge in [0.1, 0.15) is 0 Å². The first kappa shape index (κ1) is 35.6. The number of rotatable bonds is 11. The molecule has 44 heavy (non-hydrogen) atoms. The quantitative estimate of drug-likeness (QED) is 0.277. The van der Waals surface area contributed by atoms with Gasteiger partial charge in [-0.25, -0.2) is 25.6 Å². The lowest BCUT2D eigenvalue weighted by Crippen LogP contribution is -2.48. The molecule has 3 aromatic rings. The number of hydrogen-bond donors (Lipinski definition) is 0. The molecule has 0 saturated carbocycles. The Morgan fingerprint density at radius 3 is 1.86 bits per heavy atom. The van der Waals surface area contributed by atoms with Crippen LogP contribution in [0.1, 0.15) is 48.8 Å². The molecule has 12 heteroatoms. The van der Waals surface area contributed by atoms with E-state index in [2.05, 4.69) is 4.90 Å². The van der Waals surface area contributed by atoms with Crippen LogP contribution in [0, 0.1) is 11.6 Å². The Kier molecular flexibility index (Phi) is 12.1. The fourth-order valence-electron chi connectivity index (χ4n) is 5.74. The predicted molar refractivity (Wildman–Crippen MR) is 170 cm³/mol. The van der Waals surface area contributed by atoms with Crippen molar-refractivity contribution in [1.82, 2.24) is 9.80 Å². The van der Waals surface area contributed by atoms with Crippen LogP contribution in [0.15, 0.2) is 76.5 Å². The van der Waals surface area contributed by atoms with E-state index in [-0.39, 0.29) is 46.5 Å². The van der Waals surface area contributed by atoms with Crippen molar-refractivity contribution < 1.29 is 30.4 Å². The van der Waals surface area contributed by atoms with Crippen molar-refractivity contribution in [2.45, 2.75) is 54.4 Å². The fraction of sp³-hybridized carbons (Fsp3) is 0.406. The molecule has 1 aliphatic heterocycles. The standard InChI is InChI=1S/C32H38F2N2O5S2.ClH/c1-4-36(32(37)21-23-5-10-27(11-6-23)42(2,38)39)26-15-18-35(19-16-26)20-17-29(25-9-14-30(33)31(34)22-25)24-7-12-28(13-8-24)43(3,40)41;/h5-14,22,26,29H,4,15-21H2,1-3H3;1H/t29-;/m1./s1. The van der Waals surface area contributed by atoms with Gasteiger partial charge in [-0.15, -0.1) is 12.4 Å². The molecule has 1 saturated heterocycles. The molecule has 0 bridgehead atoms. The van der Waals surface area contributed by atoms with Gasteiger partial charge in [-0.05, 0) is 85.8 Å². The number of benzene rings is 3. The summed E-state index contributed by atoms with van der Waals surface area (Å²) in [6, 6.07) is 16.9. The fourth-order valence-corrected chi connectivity index (χ4v) is 7.00. The van der Waals surface area contributed by atoms with Gasteiger partial charge in [0.15, 0.2) is 31.3 Å². The highest BCUT2D eigenvalue weighted by molar-refractivity contribution is 7.91. The van der Waals surface area contributed by atoms with Crippen LogP contribution < -0.4 is 0 Å². The molecule has 4 rings (SSSR count). The minimum absolute atomic E-state index is 0. The molecule has 0 N–H and O–H groups in total. The van der Waals surface area contributed by atoms with Gasteiger partial charge in [0.05, 0.1) is 16.2 Å². The number of likely N-dealkylation sites (tertiary alicyclic amines) is 1. The summed E-state index contributed by atoms with van der Waals surface area (Å²) >= 11 is 0. The largest absolute Gasteiger partial charge is 0.340 e. The van der Waals surface area contributed by atoms with Crippen LogP contribution in [0.25, 0.3) is 0 Å². The number of sulfone groups is 2. The number of nitrogens with zero attached hydrogens (tertiary/aromatic N) is 2. The summed E-state index contributed by atoms with van der Waals surface area (Å²) in [7, 11) is -6.66. The summed E-state index contributed by atoms with van der Waals surface area (Å²) in [5.41, 5.74) is 2.20. The second-order valence-electron chi connectivity index (χ2n) is 11.2. The Morgan fingerprint density at radius 2 is 1.36 bits per heavy atom. The SMILES string of the molecule is CCN(C(=O)Cc1ccc(S(C)(=O)=O)cc1)C1CCN(CC[C@H](c2ccc(S(C)(=O)=O)cc2)c2ccc(F)c(F)c2)CC1.Cl. The number of hydrogen-bond acceptors (Lipinski definition) is 6. The summed E-state index contributed by atoms with van der Waals surface area (Å²) in [5.74, 6) is -2.10. The van der Waals surface area contributed by atoms with E-state index in [1.54, 1.807) is 42.5 Å². The van der Waals surface area contributed by atoms with E-state index in [1.807, 2.05) is 11.8 Å². The molecule has 7 nitrogen and oxygen atoms in total. The first-order chi connectivity index (χ1) is 20.3. The molecule has 0 aliphatic carbocycles. The number of carbonyl (C=O) groups excluding carboxylic acids is 1. The molecule has 0 unspecified atom stereocenters. The summed E-state index contributed by atoms with van der Waals surface area (Å²) < 4.78 is 75.2. The van der Waals surface area contributed by atoms with Gasteiger partial charge >= 0.3 is 0 Å². The highest BCUT2D eigenvalue weighted by Crippen LogP contribution is 2.31. The molecule has 1 heterocycles. The lowest BCUT2D eigenvalue weighted by atomic mass is 9.88. The van der Waals surface area contributed by atoms with Gasteiger partial charge in [0.25, 0.3) is 0 Å². The highest BCUT2D eigenvalue weighted by atomic mass is 35.5. The van der Waals surface area contributed by atoms with Crippen molar-refractivity contribution in [3.8, 4) is 0 Å². The number of likely N-dealkylation sites (N-methyl/N-ethyl adjacent to an activating group) is 1. The van der Waals surface area contributed by atoms with Crippen LogP contribution >= 0.6 is 12.4 Å². The molecule has 1 fully saturated rings. The second-order valence-corrected chi connectivity index (χ2v) is 15.2. The van der Waals surface area contributed by atoms with E-state index >= 15 is 0 Å². The average Bonchev–Trinajstić information content (AvgIpc) is 2.96. The van der Waals surface area contributed by atoms with Crippen molar-refractivity contribution >= 4 is 38.0 Å². The predicted octanol–water partition coefficient (Wildman–Crippen LogP) is 5.27. The number of carbonyl (C=O) groups is 1. The van der Waals surface area contributed by atoms with Crippen molar-refractivity contribution in [2.24, 2.45) is 0 Å². The summed E-state index contributed by atoms with van der Waals surface area (Å²) in [6.07, 6.45) is 4.71. The Balaban J connectivity index is 0.00000529. The molecular weight excluding hydrogens is 630 g/mol. The van der Waals surface area contributed by atoms with Crippen molar-refractivity contribution in [2.75, 3.05) is 38.7 Å². The second kappa shape index (κ2) is 14.9. The molecule has 1 atom stereocenters. The van der Waals surface area contributed by atoms with E-state index in [0.29, 0.717) is 25.1 Å². The Bertz CT molecular complexity index is 1640. The van der Waals surface area contributed by atoms with Gasteiger partial charge in [0.2, 0.25) is 5.91 Å². The van der Waals surface area contributed by atoms with E-state index in [0.717, 1.165) is 55.6 Å². The molecule has 3 aromatic carbocycles. The lowest BCUT2D eigenvalue weighted by Gasteiger charge is -2.38. The van der Waals surface area contributed by atoms with E-state index in [4.69, 9.17) is 0 Å². The molecular formula is C32H39ClF2N2O5S2. The molecule has 0 radical (unpaired) electrons. The van der Waals surface area contributed by atoms with Crippen LogP contribution in [0.4, 0.5) is 8.78 Å². The normalized spacial score (nSPS) is 15.4. The molecule has 1 aliphatic rings. The van der Waals surface area contributed by atoms with Gasteiger partial charge in [-0.3, -0.25) is 4.79 Å². The monoisotopic (exact) mass is 668 g/mol. The van der Waals surface area contributed by atoms with E-state index in [9.17, 15) is 30.4 Å². The summed E-state index contributed by atoms with van der Waals surface area (Å²) in [5, 5.41) is 0. The zero-order chi connectivity index (χ0) is 31.4. The van der Waals surface area contributed by atoms with Gasteiger partial charge in [0, 0.05) is 44.1 Å². The van der Waals surface area contributed by atoms with E-state index < -0.39 is 31.3 Å². The Hall–Kier alpha value is -2.86. The first-order valence-electron chi connectivity index (χ1n) is 14.3. The highest BCUT2D eigenvalue weighted by Gasteiger charge is 2.28. The van der Waals surface area contributed by atoms with Crippen LogP contribution in [0.3, 0.4) is 0 Å². The van der Waals surface area contributed by atoms with E-state index in [1.165, 1.54) is 18.2 Å². The summed E-state index contributed by atoms with van der Waals surface area (Å²) in [6.45, 7) is 4.77. The van der Waals surface area contributed by atoms with Crippen LogP contribution in [0.5, 0.6) is 0 Å².